The number of ketones is 3. The molecule has 5 heteroatoms. The zero-order valence-electron chi connectivity index (χ0n) is 21.4. The van der Waals surface area contributed by atoms with Gasteiger partial charge >= 0.3 is 5.97 Å². The second kappa shape index (κ2) is 8.55. The number of carbonyl (C=O) groups excluding carboxylic acids is 4. The van der Waals surface area contributed by atoms with Gasteiger partial charge in [-0.25, -0.2) is 0 Å². The third-order valence-electron chi connectivity index (χ3n) is 11.5. The molecule has 0 aromatic heterocycles. The monoisotopic (exact) mass is 470 g/mol. The molecule has 0 aromatic carbocycles. The molecular formula is C29H42O5. The Morgan fingerprint density at radius 2 is 1.68 bits per heavy atom. The van der Waals surface area contributed by atoms with E-state index in [1.807, 2.05) is 0 Å². The van der Waals surface area contributed by atoms with Crippen LogP contribution in [0.5, 0.6) is 0 Å². The van der Waals surface area contributed by atoms with Gasteiger partial charge in [0.2, 0.25) is 0 Å². The van der Waals surface area contributed by atoms with Crippen LogP contribution in [0.4, 0.5) is 0 Å². The quantitative estimate of drug-likeness (QED) is 0.521. The normalized spacial score (nSPS) is 48.5. The lowest BCUT2D eigenvalue weighted by Gasteiger charge is -2.60. The second-order valence-electron chi connectivity index (χ2n) is 12.9. The molecule has 0 aliphatic heterocycles. The van der Waals surface area contributed by atoms with Crippen molar-refractivity contribution in [3.8, 4) is 0 Å². The van der Waals surface area contributed by atoms with Gasteiger partial charge in [0.25, 0.3) is 0 Å². The highest BCUT2D eigenvalue weighted by molar-refractivity contribution is 5.94. The molecule has 0 unspecified atom stereocenters. The van der Waals surface area contributed by atoms with E-state index in [0.29, 0.717) is 36.4 Å². The Balaban J connectivity index is 1.45. The average Bonchev–Trinajstić information content (AvgIpc) is 3.09. The van der Waals surface area contributed by atoms with Gasteiger partial charge < -0.3 is 4.74 Å². The lowest BCUT2D eigenvalue weighted by molar-refractivity contribution is -0.167. The van der Waals surface area contributed by atoms with E-state index in [-0.39, 0.29) is 52.7 Å². The molecule has 5 fully saturated rings. The summed E-state index contributed by atoms with van der Waals surface area (Å²) < 4.78 is 5.58. The molecular weight excluding hydrogens is 428 g/mol. The second-order valence-corrected chi connectivity index (χ2v) is 12.9. The molecule has 0 N–H and O–H groups in total. The molecule has 5 nitrogen and oxygen atoms in total. The Bertz CT molecular complexity index is 893. The largest absolute Gasteiger partial charge is 0.463 e. The van der Waals surface area contributed by atoms with Gasteiger partial charge in [-0.3, -0.25) is 19.2 Å². The zero-order valence-corrected chi connectivity index (χ0v) is 21.4. The van der Waals surface area contributed by atoms with E-state index in [2.05, 4.69) is 13.8 Å². The summed E-state index contributed by atoms with van der Waals surface area (Å²) in [4.78, 5) is 51.6. The first-order valence-electron chi connectivity index (χ1n) is 13.8. The van der Waals surface area contributed by atoms with Crippen molar-refractivity contribution in [2.24, 2.45) is 52.3 Å². The molecule has 10 atom stereocenters. The van der Waals surface area contributed by atoms with Crippen LogP contribution in [0.25, 0.3) is 0 Å². The van der Waals surface area contributed by atoms with Crippen LogP contribution in [0.2, 0.25) is 0 Å². The van der Waals surface area contributed by atoms with Gasteiger partial charge in [0, 0.05) is 37.0 Å². The first-order valence-corrected chi connectivity index (χ1v) is 13.8. The van der Waals surface area contributed by atoms with Gasteiger partial charge in [0.15, 0.2) is 0 Å². The van der Waals surface area contributed by atoms with Crippen LogP contribution >= 0.6 is 0 Å². The number of ether oxygens (including phenoxy) is 1. The summed E-state index contributed by atoms with van der Waals surface area (Å²) >= 11 is 0. The van der Waals surface area contributed by atoms with E-state index >= 15 is 0 Å². The summed E-state index contributed by atoms with van der Waals surface area (Å²) in [6, 6.07) is 0. The van der Waals surface area contributed by atoms with Gasteiger partial charge in [-0.2, -0.15) is 0 Å². The Kier molecular flexibility index (Phi) is 6.08. The molecule has 0 bridgehead atoms. The van der Waals surface area contributed by atoms with Crippen LogP contribution in [0.3, 0.4) is 0 Å². The fraction of sp³-hybridized carbons (Fsp3) is 0.862. The fourth-order valence-corrected chi connectivity index (χ4v) is 9.96. The summed E-state index contributed by atoms with van der Waals surface area (Å²) in [5.41, 5.74) is -0.533. The SMILES string of the molecule is CC(=O)O[C@H]1CC[C@@]2(C)[C@H](CC[C@@H]3[C@@H]2CC(=O)[C@@]2(C)[C@H]3C[C@@H]([C@@H]3CCCCC3=O)[C@@H]2C(C)=O)C1. The van der Waals surface area contributed by atoms with Crippen LogP contribution in [-0.2, 0) is 23.9 Å². The van der Waals surface area contributed by atoms with Crippen molar-refractivity contribution in [3.05, 3.63) is 0 Å². The summed E-state index contributed by atoms with van der Waals surface area (Å²) in [6.45, 7) is 7.62. The lowest BCUT2D eigenvalue weighted by Crippen LogP contribution is -2.57. The van der Waals surface area contributed by atoms with Crippen molar-refractivity contribution in [2.75, 3.05) is 0 Å². The first-order chi connectivity index (χ1) is 16.1. The smallest absolute Gasteiger partial charge is 0.302 e. The molecule has 5 aliphatic carbocycles. The fourth-order valence-electron chi connectivity index (χ4n) is 9.96. The highest BCUT2D eigenvalue weighted by Gasteiger charge is 2.67. The van der Waals surface area contributed by atoms with E-state index in [4.69, 9.17) is 4.74 Å². The number of carbonyl (C=O) groups is 4. The minimum Gasteiger partial charge on any atom is -0.463 e. The Hall–Kier alpha value is -1.52. The Morgan fingerprint density at radius 3 is 2.35 bits per heavy atom. The van der Waals surface area contributed by atoms with Gasteiger partial charge in [0.1, 0.15) is 23.5 Å². The maximum Gasteiger partial charge on any atom is 0.302 e. The first kappa shape index (κ1) is 24.2. The summed E-state index contributed by atoms with van der Waals surface area (Å²) in [5.74, 6) is 1.67. The van der Waals surface area contributed by atoms with Crippen molar-refractivity contribution in [3.63, 3.8) is 0 Å². The molecule has 188 valence electrons. The molecule has 0 aromatic rings. The molecule has 0 saturated heterocycles. The third kappa shape index (κ3) is 3.54. The molecule has 0 spiro atoms. The van der Waals surface area contributed by atoms with Crippen molar-refractivity contribution in [1.29, 1.82) is 0 Å². The summed E-state index contributed by atoms with van der Waals surface area (Å²) in [7, 11) is 0. The van der Waals surface area contributed by atoms with Crippen LogP contribution in [0.15, 0.2) is 0 Å². The number of rotatable bonds is 3. The maximum atomic E-state index is 14.0. The van der Waals surface area contributed by atoms with Crippen molar-refractivity contribution >= 4 is 23.3 Å². The number of hydrogen-bond acceptors (Lipinski definition) is 5. The lowest BCUT2D eigenvalue weighted by atomic mass is 9.44. The molecule has 5 aliphatic rings. The summed E-state index contributed by atoms with van der Waals surface area (Å²) in [5, 5.41) is 0. The predicted octanol–water partition coefficient (Wildman–Crippen LogP) is 5.33. The highest BCUT2D eigenvalue weighted by atomic mass is 16.5. The number of fused-ring (bicyclic) bond motifs is 5. The van der Waals surface area contributed by atoms with Crippen LogP contribution < -0.4 is 0 Å². The van der Waals surface area contributed by atoms with E-state index in [1.165, 1.54) is 6.92 Å². The van der Waals surface area contributed by atoms with Crippen LogP contribution in [-0.4, -0.2) is 29.4 Å². The van der Waals surface area contributed by atoms with Crippen molar-refractivity contribution in [1.82, 2.24) is 0 Å². The third-order valence-corrected chi connectivity index (χ3v) is 11.5. The number of hydrogen-bond donors (Lipinski definition) is 0. The van der Waals surface area contributed by atoms with Gasteiger partial charge in [-0.05, 0) is 93.3 Å². The zero-order chi connectivity index (χ0) is 24.4. The molecule has 0 radical (unpaired) electrons. The van der Waals surface area contributed by atoms with E-state index < -0.39 is 5.41 Å². The molecule has 0 heterocycles. The molecule has 5 rings (SSSR count). The Labute approximate surface area is 204 Å². The van der Waals surface area contributed by atoms with Crippen LogP contribution in [0, 0.1) is 52.3 Å². The minimum atomic E-state index is -0.618. The van der Waals surface area contributed by atoms with Gasteiger partial charge in [-0.1, -0.05) is 20.3 Å². The van der Waals surface area contributed by atoms with Crippen molar-refractivity contribution < 1.29 is 23.9 Å². The molecule has 5 saturated carbocycles. The average molecular weight is 471 g/mol. The summed E-state index contributed by atoms with van der Waals surface area (Å²) in [6.07, 6.45) is 9.94. The number of Topliss-reactive ketones (excluding diaryl/α,β-unsaturated/α-hetero) is 3. The van der Waals surface area contributed by atoms with Crippen molar-refractivity contribution in [2.45, 2.75) is 104 Å². The van der Waals surface area contributed by atoms with E-state index in [1.54, 1.807) is 6.92 Å². The standard InChI is InChI=1S/C29H42O5/c1-16(30)27-22(20-7-5-6-8-25(20)32)14-24-21-10-9-18-13-19(34-17(2)31)11-12-28(18,3)23(21)15-26(33)29(24,27)4/h18-24,27H,5-15H2,1-4H3/t18-,19+,20+,21-,22+,23+,24+,27+,28+,29-/m1/s1. The van der Waals surface area contributed by atoms with E-state index in [9.17, 15) is 19.2 Å². The highest BCUT2D eigenvalue weighted by Crippen LogP contribution is 2.68. The van der Waals surface area contributed by atoms with Gasteiger partial charge in [0.05, 0.1) is 0 Å². The number of esters is 1. The maximum absolute atomic E-state index is 14.0. The topological polar surface area (TPSA) is 77.5 Å². The Morgan fingerprint density at radius 1 is 0.912 bits per heavy atom. The minimum absolute atomic E-state index is 0.00644. The van der Waals surface area contributed by atoms with Crippen LogP contribution in [0.1, 0.15) is 98.3 Å². The van der Waals surface area contributed by atoms with Gasteiger partial charge in [-0.15, -0.1) is 0 Å². The molecule has 0 amide bonds. The molecule has 34 heavy (non-hydrogen) atoms. The van der Waals surface area contributed by atoms with E-state index in [0.717, 1.165) is 57.8 Å². The predicted molar refractivity (Wildman–Crippen MR) is 128 cm³/mol.